The number of carbonyl (C=O) groups is 1. The molecule has 0 radical (unpaired) electrons. The van der Waals surface area contributed by atoms with Gasteiger partial charge in [0, 0.05) is 23.8 Å². The Morgan fingerprint density at radius 2 is 2.00 bits per heavy atom. The van der Waals surface area contributed by atoms with Crippen molar-refractivity contribution in [3.8, 4) is 5.75 Å². The molecule has 0 aliphatic carbocycles. The van der Waals surface area contributed by atoms with Crippen LogP contribution in [0, 0.1) is 5.82 Å². The molecule has 4 rings (SSSR count). The molecule has 1 amide bonds. The number of rotatable bonds is 3. The van der Waals surface area contributed by atoms with E-state index in [1.54, 1.807) is 12.3 Å². The number of hydrogen-bond acceptors (Lipinski definition) is 3. The molecule has 2 saturated heterocycles. The van der Waals surface area contributed by atoms with Crippen molar-refractivity contribution >= 4 is 21.8 Å². The minimum Gasteiger partial charge on any atom is -0.494 e. The average molecular weight is 408 g/mol. The van der Waals surface area contributed by atoms with E-state index in [0.29, 0.717) is 11.6 Å². The van der Waals surface area contributed by atoms with Crippen molar-refractivity contribution < 1.29 is 13.9 Å². The van der Waals surface area contributed by atoms with E-state index in [2.05, 4.69) is 21.0 Å². The zero-order valence-electron chi connectivity index (χ0n) is 13.9. The molecule has 0 spiro atoms. The predicted octanol–water partition coefficient (Wildman–Crippen LogP) is 3.80. The van der Waals surface area contributed by atoms with Crippen molar-refractivity contribution in [2.45, 2.75) is 43.8 Å². The van der Waals surface area contributed by atoms with Gasteiger partial charge < -0.3 is 9.64 Å². The van der Waals surface area contributed by atoms with Crippen molar-refractivity contribution in [1.82, 2.24) is 14.7 Å². The summed E-state index contributed by atoms with van der Waals surface area (Å²) in [6, 6.07) is 5.10. The summed E-state index contributed by atoms with van der Waals surface area (Å²) >= 11 is 3.44. The molecule has 1 aromatic carbocycles. The van der Waals surface area contributed by atoms with Crippen LogP contribution in [0.1, 0.15) is 42.1 Å². The Morgan fingerprint density at radius 1 is 1.28 bits per heavy atom. The van der Waals surface area contributed by atoms with Crippen molar-refractivity contribution in [3.05, 3.63) is 46.4 Å². The zero-order chi connectivity index (χ0) is 17.6. The SMILES string of the molecule is COc1ccc(C(=O)N2C3CCC2CC(n2cc(Br)cn2)C3)cc1F. The van der Waals surface area contributed by atoms with Crippen LogP contribution in [0.15, 0.2) is 35.1 Å². The smallest absolute Gasteiger partial charge is 0.254 e. The fourth-order valence-electron chi connectivity index (χ4n) is 4.16. The topological polar surface area (TPSA) is 47.4 Å². The lowest BCUT2D eigenvalue weighted by Gasteiger charge is -2.39. The number of benzene rings is 1. The van der Waals surface area contributed by atoms with Crippen LogP contribution in [0.3, 0.4) is 0 Å². The van der Waals surface area contributed by atoms with E-state index in [1.165, 1.54) is 19.2 Å². The van der Waals surface area contributed by atoms with Gasteiger partial charge in [0.25, 0.3) is 5.91 Å². The van der Waals surface area contributed by atoms with Crippen molar-refractivity contribution in [1.29, 1.82) is 0 Å². The first-order valence-electron chi connectivity index (χ1n) is 8.42. The van der Waals surface area contributed by atoms with Gasteiger partial charge in [-0.2, -0.15) is 5.10 Å². The highest BCUT2D eigenvalue weighted by atomic mass is 79.9. The number of amides is 1. The molecule has 3 heterocycles. The van der Waals surface area contributed by atoms with E-state index >= 15 is 0 Å². The molecule has 0 saturated carbocycles. The summed E-state index contributed by atoms with van der Waals surface area (Å²) in [6.45, 7) is 0. The van der Waals surface area contributed by atoms with E-state index in [4.69, 9.17) is 4.74 Å². The molecule has 7 heteroatoms. The maximum Gasteiger partial charge on any atom is 0.254 e. The van der Waals surface area contributed by atoms with Gasteiger partial charge in [0.2, 0.25) is 0 Å². The average Bonchev–Trinajstić information content (AvgIpc) is 3.15. The van der Waals surface area contributed by atoms with E-state index in [1.807, 2.05) is 15.8 Å². The van der Waals surface area contributed by atoms with Crippen molar-refractivity contribution in [3.63, 3.8) is 0 Å². The third-order valence-corrected chi connectivity index (χ3v) is 5.70. The second kappa shape index (κ2) is 6.44. The van der Waals surface area contributed by atoms with Crippen LogP contribution in [-0.2, 0) is 0 Å². The highest BCUT2D eigenvalue weighted by Crippen LogP contribution is 2.41. The Bertz CT molecular complexity index is 795. The molecule has 2 aromatic rings. The first-order valence-corrected chi connectivity index (χ1v) is 9.22. The fraction of sp³-hybridized carbons (Fsp3) is 0.444. The Balaban J connectivity index is 1.54. The van der Waals surface area contributed by atoms with Crippen LogP contribution >= 0.6 is 15.9 Å². The van der Waals surface area contributed by atoms with Crippen LogP contribution in [0.25, 0.3) is 0 Å². The lowest BCUT2D eigenvalue weighted by molar-refractivity contribution is 0.0523. The largest absolute Gasteiger partial charge is 0.494 e. The third-order valence-electron chi connectivity index (χ3n) is 5.29. The number of fused-ring (bicyclic) bond motifs is 2. The molecule has 0 N–H and O–H groups in total. The monoisotopic (exact) mass is 407 g/mol. The Kier molecular flexibility index (Phi) is 4.27. The zero-order valence-corrected chi connectivity index (χ0v) is 15.4. The summed E-state index contributed by atoms with van der Waals surface area (Å²) in [4.78, 5) is 14.9. The van der Waals surface area contributed by atoms with E-state index < -0.39 is 5.82 Å². The number of nitrogens with zero attached hydrogens (tertiary/aromatic N) is 3. The normalized spacial score (nSPS) is 25.2. The number of hydrogen-bond donors (Lipinski definition) is 0. The molecule has 132 valence electrons. The van der Waals surface area contributed by atoms with Gasteiger partial charge in [0.15, 0.2) is 11.6 Å². The summed E-state index contributed by atoms with van der Waals surface area (Å²) in [5.41, 5.74) is 0.385. The van der Waals surface area contributed by atoms with Gasteiger partial charge in [-0.05, 0) is 59.8 Å². The van der Waals surface area contributed by atoms with Gasteiger partial charge in [-0.3, -0.25) is 9.48 Å². The summed E-state index contributed by atoms with van der Waals surface area (Å²) in [5, 5.41) is 4.40. The van der Waals surface area contributed by atoms with Gasteiger partial charge in [0.05, 0.1) is 23.8 Å². The van der Waals surface area contributed by atoms with E-state index in [-0.39, 0.29) is 23.7 Å². The minimum atomic E-state index is -0.503. The quantitative estimate of drug-likeness (QED) is 0.777. The minimum absolute atomic E-state index is 0.0888. The standard InChI is InChI=1S/C18H19BrFN3O2/c1-25-17-5-2-11(6-16(17)20)18(24)23-13-3-4-14(23)8-15(7-13)22-10-12(19)9-21-22/h2,5-6,9-10,13-15H,3-4,7-8H2,1H3. The predicted molar refractivity (Wildman–Crippen MR) is 94.1 cm³/mol. The van der Waals surface area contributed by atoms with Gasteiger partial charge in [-0.15, -0.1) is 0 Å². The molecule has 2 aliphatic rings. The number of methoxy groups -OCH3 is 1. The lowest BCUT2D eigenvalue weighted by Crippen LogP contribution is -2.47. The number of ether oxygens (including phenoxy) is 1. The third kappa shape index (κ3) is 2.94. The summed E-state index contributed by atoms with van der Waals surface area (Å²) in [5.74, 6) is -0.436. The second-order valence-corrected chi connectivity index (χ2v) is 7.63. The highest BCUT2D eigenvalue weighted by Gasteiger charge is 2.44. The summed E-state index contributed by atoms with van der Waals surface area (Å²) < 4.78 is 21.8. The molecule has 2 bridgehead atoms. The first kappa shape index (κ1) is 16.6. The number of aromatic nitrogens is 2. The molecule has 2 atom stereocenters. The number of piperidine rings is 1. The fourth-order valence-corrected chi connectivity index (χ4v) is 4.46. The molecular weight excluding hydrogens is 389 g/mol. The number of halogens is 2. The number of carbonyl (C=O) groups excluding carboxylic acids is 1. The molecule has 5 nitrogen and oxygen atoms in total. The highest BCUT2D eigenvalue weighted by molar-refractivity contribution is 9.10. The van der Waals surface area contributed by atoms with Crippen LogP contribution < -0.4 is 4.74 Å². The van der Waals surface area contributed by atoms with Crippen LogP contribution in [0.2, 0.25) is 0 Å². The van der Waals surface area contributed by atoms with E-state index in [9.17, 15) is 9.18 Å². The van der Waals surface area contributed by atoms with Crippen LogP contribution in [0.4, 0.5) is 4.39 Å². The van der Waals surface area contributed by atoms with Crippen molar-refractivity contribution in [2.24, 2.45) is 0 Å². The molecule has 2 unspecified atom stereocenters. The van der Waals surface area contributed by atoms with Gasteiger partial charge in [-0.25, -0.2) is 4.39 Å². The first-order chi connectivity index (χ1) is 12.1. The molecular formula is C18H19BrFN3O2. The molecule has 1 aromatic heterocycles. The van der Waals surface area contributed by atoms with Gasteiger partial charge >= 0.3 is 0 Å². The van der Waals surface area contributed by atoms with Crippen LogP contribution in [0.5, 0.6) is 5.75 Å². The van der Waals surface area contributed by atoms with Crippen LogP contribution in [-0.4, -0.2) is 39.8 Å². The molecule has 25 heavy (non-hydrogen) atoms. The maximum absolute atomic E-state index is 14.0. The summed E-state index contributed by atoms with van der Waals surface area (Å²) in [7, 11) is 1.42. The summed E-state index contributed by atoms with van der Waals surface area (Å²) in [6.07, 6.45) is 7.53. The van der Waals surface area contributed by atoms with E-state index in [0.717, 1.165) is 30.2 Å². The molecule has 2 fully saturated rings. The lowest BCUT2D eigenvalue weighted by atomic mass is 9.96. The Morgan fingerprint density at radius 3 is 2.56 bits per heavy atom. The van der Waals surface area contributed by atoms with Gasteiger partial charge in [-0.1, -0.05) is 0 Å². The van der Waals surface area contributed by atoms with Crippen molar-refractivity contribution in [2.75, 3.05) is 7.11 Å². The Hall–Kier alpha value is -1.89. The molecule has 2 aliphatic heterocycles. The maximum atomic E-state index is 14.0. The van der Waals surface area contributed by atoms with Gasteiger partial charge in [0.1, 0.15) is 0 Å². The Labute approximate surface area is 153 Å². The second-order valence-electron chi connectivity index (χ2n) is 6.71.